The molecule has 0 spiro atoms. The fourth-order valence-corrected chi connectivity index (χ4v) is 1.33. The Morgan fingerprint density at radius 3 is 2.33 bits per heavy atom. The van der Waals surface area contributed by atoms with Gasteiger partial charge in [0.1, 0.15) is 5.75 Å². The molecule has 2 rings (SSSR count). The molecule has 2 heterocycles. The van der Waals surface area contributed by atoms with Gasteiger partial charge in [0, 0.05) is 38.9 Å². The minimum atomic E-state index is -0.332. The molecule has 0 atom stereocenters. The summed E-state index contributed by atoms with van der Waals surface area (Å²) in [6.07, 6.45) is 7.11. The highest BCUT2D eigenvalue weighted by atomic mass is 16.5. The van der Waals surface area contributed by atoms with Crippen LogP contribution in [0.3, 0.4) is 0 Å². The normalized spacial score (nSPS) is 10.3. The van der Waals surface area contributed by atoms with Crippen LogP contribution in [0.2, 0.25) is 0 Å². The third kappa shape index (κ3) is 2.10. The standard InChI is InChI=1S/C11H12N2O2/c1-12-5-3-9(7-12)11(14)15-10-4-6-13(2)8-10/h3-8H,1-2H3. The SMILES string of the molecule is Cn1ccc(OC(=O)c2ccn(C)c2)c1. The monoisotopic (exact) mass is 204 g/mol. The maximum atomic E-state index is 11.6. The number of aryl methyl sites for hydroxylation is 2. The van der Waals surface area contributed by atoms with E-state index in [0.29, 0.717) is 11.3 Å². The van der Waals surface area contributed by atoms with Gasteiger partial charge in [-0.2, -0.15) is 0 Å². The molecular weight excluding hydrogens is 192 g/mol. The molecule has 4 nitrogen and oxygen atoms in total. The molecule has 0 saturated heterocycles. The minimum absolute atomic E-state index is 0.332. The lowest BCUT2D eigenvalue weighted by Gasteiger charge is -1.98. The average molecular weight is 204 g/mol. The summed E-state index contributed by atoms with van der Waals surface area (Å²) in [6.45, 7) is 0. The first-order valence-corrected chi connectivity index (χ1v) is 4.61. The van der Waals surface area contributed by atoms with Gasteiger partial charge in [-0.3, -0.25) is 0 Å². The number of carbonyl (C=O) groups is 1. The Bertz CT molecular complexity index is 482. The zero-order valence-electron chi connectivity index (χ0n) is 8.68. The van der Waals surface area contributed by atoms with Crippen molar-refractivity contribution in [3.63, 3.8) is 0 Å². The number of rotatable bonds is 2. The zero-order chi connectivity index (χ0) is 10.8. The number of ether oxygens (including phenoxy) is 1. The summed E-state index contributed by atoms with van der Waals surface area (Å²) >= 11 is 0. The van der Waals surface area contributed by atoms with E-state index < -0.39 is 0 Å². The third-order valence-electron chi connectivity index (χ3n) is 2.08. The van der Waals surface area contributed by atoms with Gasteiger partial charge in [-0.25, -0.2) is 4.79 Å². The average Bonchev–Trinajstić information content (AvgIpc) is 2.75. The topological polar surface area (TPSA) is 36.2 Å². The lowest BCUT2D eigenvalue weighted by atomic mass is 10.3. The van der Waals surface area contributed by atoms with Gasteiger partial charge < -0.3 is 13.9 Å². The Labute approximate surface area is 87.7 Å². The molecule has 78 valence electrons. The lowest BCUT2D eigenvalue weighted by molar-refractivity contribution is 0.0735. The fourth-order valence-electron chi connectivity index (χ4n) is 1.33. The second-order valence-electron chi connectivity index (χ2n) is 3.47. The molecule has 0 aromatic carbocycles. The van der Waals surface area contributed by atoms with Crippen molar-refractivity contribution in [2.24, 2.45) is 14.1 Å². The van der Waals surface area contributed by atoms with E-state index >= 15 is 0 Å². The summed E-state index contributed by atoms with van der Waals surface area (Å²) in [5, 5.41) is 0. The third-order valence-corrected chi connectivity index (χ3v) is 2.08. The number of carbonyl (C=O) groups excluding carboxylic acids is 1. The maximum absolute atomic E-state index is 11.6. The van der Waals surface area contributed by atoms with Crippen LogP contribution in [0.4, 0.5) is 0 Å². The molecule has 0 aliphatic carbocycles. The van der Waals surface area contributed by atoms with Crippen molar-refractivity contribution >= 4 is 5.97 Å². The van der Waals surface area contributed by atoms with Gasteiger partial charge in [0.05, 0.1) is 5.56 Å². The predicted octanol–water partition coefficient (Wildman–Crippen LogP) is 1.58. The summed E-state index contributed by atoms with van der Waals surface area (Å²) in [5.41, 5.74) is 0.557. The highest BCUT2D eigenvalue weighted by molar-refractivity contribution is 5.90. The first kappa shape index (κ1) is 9.58. The summed E-state index contributed by atoms with van der Waals surface area (Å²) in [7, 11) is 3.74. The summed E-state index contributed by atoms with van der Waals surface area (Å²) in [4.78, 5) is 11.6. The summed E-state index contributed by atoms with van der Waals surface area (Å²) in [5.74, 6) is 0.230. The second kappa shape index (κ2) is 3.65. The maximum Gasteiger partial charge on any atom is 0.345 e. The second-order valence-corrected chi connectivity index (χ2v) is 3.47. The van der Waals surface area contributed by atoms with E-state index in [2.05, 4.69) is 0 Å². The number of nitrogens with zero attached hydrogens (tertiary/aromatic N) is 2. The Balaban J connectivity index is 2.10. The van der Waals surface area contributed by atoms with Crippen molar-refractivity contribution in [3.8, 4) is 5.75 Å². The van der Waals surface area contributed by atoms with Gasteiger partial charge >= 0.3 is 5.97 Å². The van der Waals surface area contributed by atoms with E-state index in [4.69, 9.17) is 4.74 Å². The molecule has 0 bridgehead atoms. The summed E-state index contributed by atoms with van der Waals surface area (Å²) < 4.78 is 8.80. The molecule has 0 aliphatic rings. The van der Waals surface area contributed by atoms with Crippen molar-refractivity contribution in [1.29, 1.82) is 0 Å². The Hall–Kier alpha value is -1.97. The van der Waals surface area contributed by atoms with Crippen molar-refractivity contribution in [2.75, 3.05) is 0 Å². The number of hydrogen-bond acceptors (Lipinski definition) is 2. The Kier molecular flexibility index (Phi) is 2.33. The first-order valence-electron chi connectivity index (χ1n) is 4.61. The van der Waals surface area contributed by atoms with Gasteiger partial charge in [0.15, 0.2) is 0 Å². The highest BCUT2D eigenvalue weighted by Gasteiger charge is 2.09. The van der Waals surface area contributed by atoms with Gasteiger partial charge in [-0.1, -0.05) is 0 Å². The number of esters is 1. The number of hydrogen-bond donors (Lipinski definition) is 0. The van der Waals surface area contributed by atoms with E-state index in [-0.39, 0.29) is 5.97 Å². The van der Waals surface area contributed by atoms with Crippen LogP contribution in [0.1, 0.15) is 10.4 Å². The molecule has 0 radical (unpaired) electrons. The van der Waals surface area contributed by atoms with Crippen LogP contribution in [0.15, 0.2) is 36.9 Å². The van der Waals surface area contributed by atoms with Crippen LogP contribution in [-0.2, 0) is 14.1 Å². The lowest BCUT2D eigenvalue weighted by Crippen LogP contribution is -2.06. The van der Waals surface area contributed by atoms with Crippen LogP contribution >= 0.6 is 0 Å². The van der Waals surface area contributed by atoms with Crippen molar-refractivity contribution in [3.05, 3.63) is 42.5 Å². The smallest absolute Gasteiger partial charge is 0.345 e. The number of aromatic nitrogens is 2. The van der Waals surface area contributed by atoms with Gasteiger partial charge in [-0.05, 0) is 12.1 Å². The van der Waals surface area contributed by atoms with Crippen molar-refractivity contribution in [1.82, 2.24) is 9.13 Å². The van der Waals surface area contributed by atoms with Crippen LogP contribution in [-0.4, -0.2) is 15.1 Å². The molecule has 0 aliphatic heterocycles. The van der Waals surface area contributed by atoms with Crippen LogP contribution in [0.25, 0.3) is 0 Å². The van der Waals surface area contributed by atoms with E-state index in [9.17, 15) is 4.79 Å². The van der Waals surface area contributed by atoms with Gasteiger partial charge in [0.2, 0.25) is 0 Å². The molecule has 2 aromatic rings. The molecule has 0 amide bonds. The first-order chi connectivity index (χ1) is 7.15. The Morgan fingerprint density at radius 1 is 1.13 bits per heavy atom. The minimum Gasteiger partial charge on any atom is -0.421 e. The fraction of sp³-hybridized carbons (Fsp3) is 0.182. The Morgan fingerprint density at radius 2 is 1.80 bits per heavy atom. The van der Waals surface area contributed by atoms with Crippen LogP contribution < -0.4 is 4.74 Å². The quantitative estimate of drug-likeness (QED) is 0.696. The van der Waals surface area contributed by atoms with Gasteiger partial charge in [0.25, 0.3) is 0 Å². The van der Waals surface area contributed by atoms with E-state index in [0.717, 1.165) is 0 Å². The molecule has 15 heavy (non-hydrogen) atoms. The molecular formula is C11H12N2O2. The highest BCUT2D eigenvalue weighted by Crippen LogP contribution is 2.12. The van der Waals surface area contributed by atoms with Crippen molar-refractivity contribution < 1.29 is 9.53 Å². The van der Waals surface area contributed by atoms with E-state index in [1.54, 1.807) is 24.5 Å². The summed E-state index contributed by atoms with van der Waals surface area (Å²) in [6, 6.07) is 3.48. The van der Waals surface area contributed by atoms with E-state index in [1.807, 2.05) is 35.6 Å². The molecule has 0 saturated carbocycles. The molecule has 2 aromatic heterocycles. The van der Waals surface area contributed by atoms with E-state index in [1.165, 1.54) is 0 Å². The zero-order valence-corrected chi connectivity index (χ0v) is 8.68. The predicted molar refractivity (Wildman–Crippen MR) is 55.8 cm³/mol. The molecule has 0 fully saturated rings. The van der Waals surface area contributed by atoms with Gasteiger partial charge in [-0.15, -0.1) is 0 Å². The van der Waals surface area contributed by atoms with Crippen LogP contribution in [0, 0.1) is 0 Å². The van der Waals surface area contributed by atoms with Crippen molar-refractivity contribution in [2.45, 2.75) is 0 Å². The largest absolute Gasteiger partial charge is 0.421 e. The molecule has 0 N–H and O–H groups in total. The molecule has 0 unspecified atom stereocenters. The van der Waals surface area contributed by atoms with Crippen LogP contribution in [0.5, 0.6) is 5.75 Å². The molecule has 4 heteroatoms.